The van der Waals surface area contributed by atoms with Crippen LogP contribution in [0.3, 0.4) is 0 Å². The van der Waals surface area contributed by atoms with Gasteiger partial charge in [-0.15, -0.1) is 11.3 Å². The molecule has 1 aromatic heterocycles. The number of fused-ring (bicyclic) bond motifs is 1. The lowest BCUT2D eigenvalue weighted by atomic mass is 9.98. The molecule has 116 valence electrons. The third-order valence-electron chi connectivity index (χ3n) is 4.93. The van der Waals surface area contributed by atoms with Crippen molar-refractivity contribution in [3.05, 3.63) is 28.8 Å². The Bertz CT molecular complexity index is 695. The SMILES string of the molecule is CN1CCC(c2nc3cc(C4=NCCCC4)ccc3s2)CC1. The topological polar surface area (TPSA) is 28.5 Å². The number of benzene rings is 1. The average molecular weight is 313 g/mol. The molecule has 2 aliphatic heterocycles. The van der Waals surface area contributed by atoms with Gasteiger partial charge in [0.1, 0.15) is 0 Å². The summed E-state index contributed by atoms with van der Waals surface area (Å²) >= 11 is 1.89. The Balaban J connectivity index is 1.62. The number of hydrogen-bond donors (Lipinski definition) is 0. The highest BCUT2D eigenvalue weighted by atomic mass is 32.1. The number of hydrogen-bond acceptors (Lipinski definition) is 4. The van der Waals surface area contributed by atoms with Crippen LogP contribution in [-0.4, -0.2) is 42.3 Å². The van der Waals surface area contributed by atoms with Gasteiger partial charge in [0.15, 0.2) is 0 Å². The van der Waals surface area contributed by atoms with Crippen LogP contribution in [0.5, 0.6) is 0 Å². The molecule has 0 atom stereocenters. The van der Waals surface area contributed by atoms with Crippen LogP contribution in [0.2, 0.25) is 0 Å². The molecule has 22 heavy (non-hydrogen) atoms. The molecule has 0 aliphatic carbocycles. The number of aromatic nitrogens is 1. The number of rotatable bonds is 2. The number of aliphatic imine (C=N–C) groups is 1. The molecule has 4 heteroatoms. The summed E-state index contributed by atoms with van der Waals surface area (Å²) in [5.74, 6) is 0.657. The maximum atomic E-state index is 4.96. The van der Waals surface area contributed by atoms with Crippen molar-refractivity contribution in [2.24, 2.45) is 4.99 Å². The Morgan fingerprint density at radius 3 is 2.82 bits per heavy atom. The molecular weight excluding hydrogens is 290 g/mol. The molecular formula is C18H23N3S. The largest absolute Gasteiger partial charge is 0.306 e. The Morgan fingerprint density at radius 2 is 2.05 bits per heavy atom. The van der Waals surface area contributed by atoms with E-state index in [1.165, 1.54) is 65.3 Å². The minimum Gasteiger partial charge on any atom is -0.306 e. The van der Waals surface area contributed by atoms with Crippen LogP contribution >= 0.6 is 11.3 Å². The van der Waals surface area contributed by atoms with Crippen LogP contribution < -0.4 is 0 Å². The second kappa shape index (κ2) is 6.09. The van der Waals surface area contributed by atoms with Gasteiger partial charge in [0.05, 0.1) is 15.2 Å². The van der Waals surface area contributed by atoms with Crippen molar-refractivity contribution in [3.63, 3.8) is 0 Å². The van der Waals surface area contributed by atoms with E-state index >= 15 is 0 Å². The van der Waals surface area contributed by atoms with Crippen LogP contribution in [0, 0.1) is 0 Å². The van der Waals surface area contributed by atoms with E-state index in [0.29, 0.717) is 5.92 Å². The first-order valence-electron chi connectivity index (χ1n) is 8.42. The van der Waals surface area contributed by atoms with Crippen molar-refractivity contribution in [1.82, 2.24) is 9.88 Å². The Kier molecular flexibility index (Phi) is 3.97. The lowest BCUT2D eigenvalue weighted by Crippen LogP contribution is -2.29. The fraction of sp³-hybridized carbons (Fsp3) is 0.556. The molecule has 0 amide bonds. The lowest BCUT2D eigenvalue weighted by molar-refractivity contribution is 0.255. The van der Waals surface area contributed by atoms with Gasteiger partial charge in [0.2, 0.25) is 0 Å². The van der Waals surface area contributed by atoms with Crippen LogP contribution in [0.15, 0.2) is 23.2 Å². The molecule has 0 N–H and O–H groups in total. The van der Waals surface area contributed by atoms with Crippen molar-refractivity contribution in [2.75, 3.05) is 26.7 Å². The van der Waals surface area contributed by atoms with Crippen molar-refractivity contribution in [1.29, 1.82) is 0 Å². The predicted molar refractivity (Wildman–Crippen MR) is 94.3 cm³/mol. The Labute approximate surface area is 136 Å². The zero-order valence-electron chi connectivity index (χ0n) is 13.2. The Morgan fingerprint density at radius 1 is 1.18 bits per heavy atom. The highest BCUT2D eigenvalue weighted by molar-refractivity contribution is 7.18. The summed E-state index contributed by atoms with van der Waals surface area (Å²) in [6, 6.07) is 6.75. The second-order valence-electron chi connectivity index (χ2n) is 6.60. The molecule has 2 aliphatic rings. The van der Waals surface area contributed by atoms with Crippen LogP contribution in [-0.2, 0) is 0 Å². The highest BCUT2D eigenvalue weighted by Gasteiger charge is 2.21. The zero-order chi connectivity index (χ0) is 14.9. The van der Waals surface area contributed by atoms with Gasteiger partial charge >= 0.3 is 0 Å². The number of nitrogens with zero attached hydrogens (tertiary/aromatic N) is 3. The molecule has 4 rings (SSSR count). The minimum absolute atomic E-state index is 0.657. The van der Waals surface area contributed by atoms with E-state index in [2.05, 4.69) is 30.1 Å². The number of likely N-dealkylation sites (tertiary alicyclic amines) is 1. The average Bonchev–Trinajstić information content (AvgIpc) is 2.99. The smallest absolute Gasteiger partial charge is 0.0970 e. The first kappa shape index (κ1) is 14.3. The van der Waals surface area contributed by atoms with Gasteiger partial charge < -0.3 is 4.90 Å². The van der Waals surface area contributed by atoms with Crippen LogP contribution in [0.25, 0.3) is 10.2 Å². The van der Waals surface area contributed by atoms with Crippen molar-refractivity contribution < 1.29 is 0 Å². The molecule has 3 nitrogen and oxygen atoms in total. The summed E-state index contributed by atoms with van der Waals surface area (Å²) in [5, 5.41) is 1.34. The standard InChI is InChI=1S/C18H23N3S/c1-21-10-7-13(8-11-21)18-20-16-12-14(5-6-17(16)22-18)15-4-2-3-9-19-15/h5-6,12-13H,2-4,7-11H2,1H3. The monoisotopic (exact) mass is 313 g/mol. The summed E-state index contributed by atoms with van der Waals surface area (Å²) in [7, 11) is 2.21. The summed E-state index contributed by atoms with van der Waals surface area (Å²) in [6.45, 7) is 3.39. The van der Waals surface area contributed by atoms with E-state index in [4.69, 9.17) is 9.98 Å². The van der Waals surface area contributed by atoms with Crippen molar-refractivity contribution in [2.45, 2.75) is 38.0 Å². The van der Waals surface area contributed by atoms with E-state index in [-0.39, 0.29) is 0 Å². The summed E-state index contributed by atoms with van der Waals surface area (Å²) in [5.41, 5.74) is 3.74. The van der Waals surface area contributed by atoms with E-state index in [1.54, 1.807) is 0 Å². The summed E-state index contributed by atoms with van der Waals surface area (Å²) in [4.78, 5) is 12.1. The van der Waals surface area contributed by atoms with E-state index < -0.39 is 0 Å². The third-order valence-corrected chi connectivity index (χ3v) is 6.13. The van der Waals surface area contributed by atoms with E-state index in [0.717, 1.165) is 13.0 Å². The van der Waals surface area contributed by atoms with Crippen molar-refractivity contribution >= 4 is 27.3 Å². The third kappa shape index (κ3) is 2.82. The molecule has 0 unspecified atom stereocenters. The maximum absolute atomic E-state index is 4.96. The molecule has 0 radical (unpaired) electrons. The lowest BCUT2D eigenvalue weighted by Gasteiger charge is -2.27. The van der Waals surface area contributed by atoms with Crippen LogP contribution in [0.1, 0.15) is 48.6 Å². The van der Waals surface area contributed by atoms with Gasteiger partial charge in [-0.1, -0.05) is 6.07 Å². The first-order chi connectivity index (χ1) is 10.8. The van der Waals surface area contributed by atoms with Crippen molar-refractivity contribution in [3.8, 4) is 0 Å². The second-order valence-corrected chi connectivity index (χ2v) is 7.66. The van der Waals surface area contributed by atoms with Crippen LogP contribution in [0.4, 0.5) is 0 Å². The minimum atomic E-state index is 0.657. The quantitative estimate of drug-likeness (QED) is 0.836. The molecule has 1 fully saturated rings. The highest BCUT2D eigenvalue weighted by Crippen LogP contribution is 2.34. The molecule has 0 bridgehead atoms. The summed E-state index contributed by atoms with van der Waals surface area (Å²) in [6.07, 6.45) is 6.13. The van der Waals surface area contributed by atoms with Gasteiger partial charge in [-0.25, -0.2) is 4.98 Å². The number of piperidine rings is 1. The fourth-order valence-corrected chi connectivity index (χ4v) is 4.60. The van der Waals surface area contributed by atoms with E-state index in [9.17, 15) is 0 Å². The molecule has 1 aromatic carbocycles. The first-order valence-corrected chi connectivity index (χ1v) is 9.24. The van der Waals surface area contributed by atoms with E-state index in [1.807, 2.05) is 11.3 Å². The normalized spacial score (nSPS) is 21.2. The van der Waals surface area contributed by atoms with Gasteiger partial charge in [0.25, 0.3) is 0 Å². The molecule has 0 saturated carbocycles. The summed E-state index contributed by atoms with van der Waals surface area (Å²) < 4.78 is 1.33. The maximum Gasteiger partial charge on any atom is 0.0970 e. The van der Waals surface area contributed by atoms with Gasteiger partial charge in [-0.3, -0.25) is 4.99 Å². The van der Waals surface area contributed by atoms with Gasteiger partial charge in [0, 0.05) is 18.2 Å². The predicted octanol–water partition coefficient (Wildman–Crippen LogP) is 4.08. The molecule has 3 heterocycles. The zero-order valence-corrected chi connectivity index (χ0v) is 14.0. The van der Waals surface area contributed by atoms with Gasteiger partial charge in [-0.2, -0.15) is 0 Å². The molecule has 1 saturated heterocycles. The molecule has 0 spiro atoms. The number of thiazole rings is 1. The molecule has 2 aromatic rings. The fourth-order valence-electron chi connectivity index (χ4n) is 3.49. The van der Waals surface area contributed by atoms with Gasteiger partial charge in [-0.05, 0) is 69.9 Å². The Hall–Kier alpha value is -1.26.